The number of nitrogens with zero attached hydrogens (tertiary/aromatic N) is 2. The van der Waals surface area contributed by atoms with Crippen LogP contribution in [0.5, 0.6) is 11.5 Å². The molecule has 3 aromatic carbocycles. The van der Waals surface area contributed by atoms with E-state index in [1.807, 2.05) is 66.7 Å². The monoisotopic (exact) mass is 436 g/mol. The van der Waals surface area contributed by atoms with Crippen LogP contribution in [0.15, 0.2) is 84.9 Å². The van der Waals surface area contributed by atoms with Crippen LogP contribution < -0.4 is 20.1 Å². The molecule has 0 bridgehead atoms. The molecule has 0 saturated carbocycles. The van der Waals surface area contributed by atoms with E-state index in [0.29, 0.717) is 17.6 Å². The third kappa shape index (κ3) is 3.87. The molecular formula is C27H24N4O2. The van der Waals surface area contributed by atoms with E-state index >= 15 is 0 Å². The van der Waals surface area contributed by atoms with Crippen LogP contribution in [0.1, 0.15) is 5.56 Å². The van der Waals surface area contributed by atoms with Crippen LogP contribution in [0.2, 0.25) is 0 Å². The van der Waals surface area contributed by atoms with Crippen LogP contribution in [-0.2, 0) is 6.54 Å². The van der Waals surface area contributed by atoms with Gasteiger partial charge in [0.25, 0.3) is 0 Å². The summed E-state index contributed by atoms with van der Waals surface area (Å²) in [6, 6.07) is 27.8. The Bertz CT molecular complexity index is 1460. The number of hydrogen-bond donors (Lipinski definition) is 2. The molecule has 0 fully saturated rings. The lowest BCUT2D eigenvalue weighted by molar-refractivity contribution is 0.391. The van der Waals surface area contributed by atoms with Crippen molar-refractivity contribution < 1.29 is 9.47 Å². The van der Waals surface area contributed by atoms with Crippen LogP contribution in [0.4, 0.5) is 5.69 Å². The number of fused-ring (bicyclic) bond motifs is 2. The van der Waals surface area contributed by atoms with E-state index in [1.165, 1.54) is 0 Å². The van der Waals surface area contributed by atoms with E-state index in [1.54, 1.807) is 14.2 Å². The van der Waals surface area contributed by atoms with Crippen LogP contribution in [0.25, 0.3) is 28.1 Å². The molecule has 2 aliphatic rings. The summed E-state index contributed by atoms with van der Waals surface area (Å²) in [5, 5.41) is 12.5. The lowest BCUT2D eigenvalue weighted by Gasteiger charge is -2.20. The lowest BCUT2D eigenvalue weighted by atomic mass is 10.1. The summed E-state index contributed by atoms with van der Waals surface area (Å²) in [7, 11) is 3.27. The molecule has 0 amide bonds. The summed E-state index contributed by atoms with van der Waals surface area (Å²) in [4.78, 5) is 4.89. The molecule has 164 valence electrons. The molecule has 0 aromatic heterocycles. The summed E-state index contributed by atoms with van der Waals surface area (Å²) in [6.07, 6.45) is 0. The number of methoxy groups -OCH3 is 2. The molecule has 1 heterocycles. The highest BCUT2D eigenvalue weighted by molar-refractivity contribution is 5.83. The maximum absolute atomic E-state index is 8.69. The van der Waals surface area contributed by atoms with Gasteiger partial charge < -0.3 is 19.4 Å². The average Bonchev–Trinajstić information content (AvgIpc) is 2.86. The fourth-order valence-electron chi connectivity index (χ4n) is 4.04. The third-order valence-electron chi connectivity index (χ3n) is 5.70. The highest BCUT2D eigenvalue weighted by Crippen LogP contribution is 2.30. The molecule has 6 nitrogen and oxygen atoms in total. The Morgan fingerprint density at radius 3 is 2.45 bits per heavy atom. The van der Waals surface area contributed by atoms with Gasteiger partial charge in [-0.1, -0.05) is 30.3 Å². The molecule has 1 aliphatic carbocycles. The largest absolute Gasteiger partial charge is 0.497 e. The van der Waals surface area contributed by atoms with Gasteiger partial charge in [0.2, 0.25) is 0 Å². The van der Waals surface area contributed by atoms with Gasteiger partial charge in [0.05, 0.1) is 47.7 Å². The van der Waals surface area contributed by atoms with Gasteiger partial charge in [-0.25, -0.2) is 4.98 Å². The fourth-order valence-corrected chi connectivity index (χ4v) is 4.04. The van der Waals surface area contributed by atoms with Gasteiger partial charge in [-0.05, 0) is 48.5 Å². The number of nitrogens with one attached hydrogen (secondary N) is 2. The highest BCUT2D eigenvalue weighted by Gasteiger charge is 2.16. The zero-order valence-electron chi connectivity index (χ0n) is 18.5. The Balaban J connectivity index is 1.59. The van der Waals surface area contributed by atoms with Crippen molar-refractivity contribution in [3.8, 4) is 28.6 Å². The predicted molar refractivity (Wildman–Crippen MR) is 130 cm³/mol. The van der Waals surface area contributed by atoms with E-state index in [4.69, 9.17) is 19.9 Å². The zero-order chi connectivity index (χ0) is 22.8. The first-order valence-electron chi connectivity index (χ1n) is 10.7. The number of rotatable bonds is 6. The SMILES string of the molecule is COc1ccc(CNc2cc3nc4ccccc4n(-c4ccccc4)c-3cc2=N)c(OC)c1. The molecule has 5 rings (SSSR count). The molecule has 1 aliphatic heterocycles. The Labute approximate surface area is 191 Å². The second-order valence-electron chi connectivity index (χ2n) is 7.69. The third-order valence-corrected chi connectivity index (χ3v) is 5.70. The molecule has 0 radical (unpaired) electrons. The van der Waals surface area contributed by atoms with Gasteiger partial charge in [0.1, 0.15) is 11.5 Å². The van der Waals surface area contributed by atoms with E-state index in [-0.39, 0.29) is 0 Å². The van der Waals surface area contributed by atoms with Crippen molar-refractivity contribution in [2.45, 2.75) is 6.54 Å². The minimum atomic E-state index is 0.400. The smallest absolute Gasteiger partial charge is 0.127 e. The second kappa shape index (κ2) is 8.67. The van der Waals surface area contributed by atoms with Crippen molar-refractivity contribution in [2.24, 2.45) is 0 Å². The fraction of sp³-hybridized carbons (Fsp3) is 0.111. The molecule has 3 aromatic rings. The molecule has 2 N–H and O–H groups in total. The minimum Gasteiger partial charge on any atom is -0.497 e. The summed E-state index contributed by atoms with van der Waals surface area (Å²) in [5.41, 5.74) is 6.32. The van der Waals surface area contributed by atoms with Crippen LogP contribution in [-0.4, -0.2) is 23.8 Å². The lowest BCUT2D eigenvalue weighted by Crippen LogP contribution is -2.15. The molecule has 0 unspecified atom stereocenters. The molecule has 33 heavy (non-hydrogen) atoms. The van der Waals surface area contributed by atoms with Gasteiger partial charge in [0.15, 0.2) is 0 Å². The predicted octanol–water partition coefficient (Wildman–Crippen LogP) is 5.24. The van der Waals surface area contributed by atoms with E-state index < -0.39 is 0 Å². The normalized spacial score (nSPS) is 11.0. The van der Waals surface area contributed by atoms with Crippen molar-refractivity contribution in [3.63, 3.8) is 0 Å². The molecule has 6 heteroatoms. The van der Waals surface area contributed by atoms with Gasteiger partial charge in [-0.2, -0.15) is 0 Å². The number of ether oxygens (including phenoxy) is 2. The zero-order valence-corrected chi connectivity index (χ0v) is 18.5. The van der Waals surface area contributed by atoms with Crippen LogP contribution in [0, 0.1) is 5.41 Å². The first-order valence-corrected chi connectivity index (χ1v) is 10.7. The van der Waals surface area contributed by atoms with E-state index in [2.05, 4.69) is 28.1 Å². The van der Waals surface area contributed by atoms with Crippen molar-refractivity contribution >= 4 is 16.7 Å². The van der Waals surface area contributed by atoms with E-state index in [9.17, 15) is 0 Å². The topological polar surface area (TPSA) is 72.2 Å². The van der Waals surface area contributed by atoms with Gasteiger partial charge in [-0.3, -0.25) is 5.41 Å². The van der Waals surface area contributed by atoms with Crippen molar-refractivity contribution in [3.05, 3.63) is 95.8 Å². The standard InChI is InChI=1S/C27H24N4O2/c1-32-20-13-12-18(27(14-20)33-2)17-29-23-16-24-26(15-21(23)28)31(19-8-4-3-5-9-19)25-11-7-6-10-22(25)30-24/h3-16,28-29H,17H2,1-2H3. The maximum Gasteiger partial charge on any atom is 0.127 e. The van der Waals surface area contributed by atoms with Crippen molar-refractivity contribution in [2.75, 3.05) is 19.5 Å². The van der Waals surface area contributed by atoms with Gasteiger partial charge in [0, 0.05) is 23.9 Å². The Morgan fingerprint density at radius 1 is 0.879 bits per heavy atom. The Kier molecular flexibility index (Phi) is 5.40. The second-order valence-corrected chi connectivity index (χ2v) is 7.69. The summed E-state index contributed by atoms with van der Waals surface area (Å²) < 4.78 is 12.9. The van der Waals surface area contributed by atoms with Gasteiger partial charge >= 0.3 is 0 Å². The van der Waals surface area contributed by atoms with Crippen LogP contribution >= 0.6 is 0 Å². The molecule has 0 saturated heterocycles. The van der Waals surface area contributed by atoms with Crippen molar-refractivity contribution in [1.29, 1.82) is 5.41 Å². The number of hydrogen-bond acceptors (Lipinski definition) is 5. The number of anilines is 1. The minimum absolute atomic E-state index is 0.400. The highest BCUT2D eigenvalue weighted by atomic mass is 16.5. The molecular weight excluding hydrogens is 412 g/mol. The quantitative estimate of drug-likeness (QED) is 0.357. The first-order chi connectivity index (χ1) is 16.2. The molecule has 0 spiro atoms. The maximum atomic E-state index is 8.69. The average molecular weight is 437 g/mol. The van der Waals surface area contributed by atoms with Crippen molar-refractivity contribution in [1.82, 2.24) is 9.55 Å². The van der Waals surface area contributed by atoms with E-state index in [0.717, 1.165) is 45.2 Å². The van der Waals surface area contributed by atoms with Gasteiger partial charge in [-0.15, -0.1) is 0 Å². The number of benzene rings is 4. The van der Waals surface area contributed by atoms with Crippen LogP contribution in [0.3, 0.4) is 0 Å². The Morgan fingerprint density at radius 2 is 1.67 bits per heavy atom. The molecule has 0 atom stereocenters. The summed E-state index contributed by atoms with van der Waals surface area (Å²) in [5.74, 6) is 1.48. The first kappa shape index (κ1) is 20.6. The number of para-hydroxylation sites is 3. The summed E-state index contributed by atoms with van der Waals surface area (Å²) in [6.45, 7) is 0.511. The Hall–Kier alpha value is -4.32. The number of aromatic nitrogens is 2. The summed E-state index contributed by atoms with van der Waals surface area (Å²) >= 11 is 0.